The highest BCUT2D eigenvalue weighted by molar-refractivity contribution is 6.42. The van der Waals surface area contributed by atoms with Gasteiger partial charge in [-0.3, -0.25) is 13.9 Å². The summed E-state index contributed by atoms with van der Waals surface area (Å²) in [6.07, 6.45) is 0. The van der Waals surface area contributed by atoms with Gasteiger partial charge in [0, 0.05) is 25.8 Å². The highest BCUT2D eigenvalue weighted by atomic mass is 35.5. The van der Waals surface area contributed by atoms with Crippen molar-refractivity contribution in [1.82, 2.24) is 18.7 Å². The van der Waals surface area contributed by atoms with Gasteiger partial charge in [-0.25, -0.2) is 4.79 Å². The molecule has 1 atom stereocenters. The summed E-state index contributed by atoms with van der Waals surface area (Å²) in [7, 11) is 1.65. The number of aryl methyl sites for hydroxylation is 3. The summed E-state index contributed by atoms with van der Waals surface area (Å²) in [5.74, 6) is 0.961. The molecule has 2 aromatic carbocycles. The smallest absolute Gasteiger partial charge is 0.312 e. The van der Waals surface area contributed by atoms with Crippen molar-refractivity contribution in [2.75, 3.05) is 11.4 Å². The minimum atomic E-state index is -0.426. The number of nitrogens with zero attached hydrogens (tertiary/aromatic N) is 5. The molecule has 0 saturated heterocycles. The van der Waals surface area contributed by atoms with Crippen molar-refractivity contribution in [3.63, 3.8) is 0 Å². The summed E-state index contributed by atoms with van der Waals surface area (Å²) in [5.41, 5.74) is 4.17. The number of imidazole rings is 1. The predicted molar refractivity (Wildman–Crippen MR) is 137 cm³/mol. The van der Waals surface area contributed by atoms with Crippen LogP contribution in [0, 0.1) is 19.8 Å². The van der Waals surface area contributed by atoms with E-state index >= 15 is 0 Å². The molecule has 176 valence electrons. The van der Waals surface area contributed by atoms with Gasteiger partial charge in [0.25, 0.3) is 5.56 Å². The Morgan fingerprint density at radius 3 is 2.47 bits per heavy atom. The zero-order valence-electron chi connectivity index (χ0n) is 19.5. The molecular formula is C25H25Cl2N5O2. The van der Waals surface area contributed by atoms with E-state index in [2.05, 4.69) is 43.9 Å². The van der Waals surface area contributed by atoms with E-state index in [0.29, 0.717) is 33.7 Å². The Morgan fingerprint density at radius 1 is 1.00 bits per heavy atom. The average Bonchev–Trinajstić information content (AvgIpc) is 3.18. The van der Waals surface area contributed by atoms with Gasteiger partial charge < -0.3 is 9.47 Å². The van der Waals surface area contributed by atoms with Crippen LogP contribution in [0.2, 0.25) is 10.0 Å². The van der Waals surface area contributed by atoms with Crippen molar-refractivity contribution in [2.45, 2.75) is 33.9 Å². The van der Waals surface area contributed by atoms with Gasteiger partial charge in [0.1, 0.15) is 0 Å². The van der Waals surface area contributed by atoms with E-state index in [1.165, 1.54) is 20.3 Å². The van der Waals surface area contributed by atoms with E-state index < -0.39 is 5.69 Å². The van der Waals surface area contributed by atoms with Gasteiger partial charge in [-0.15, -0.1) is 0 Å². The lowest BCUT2D eigenvalue weighted by atomic mass is 10.1. The summed E-state index contributed by atoms with van der Waals surface area (Å²) in [5, 5.41) is 0.802. The molecule has 7 nitrogen and oxygen atoms in total. The van der Waals surface area contributed by atoms with E-state index in [0.717, 1.165) is 17.8 Å². The molecule has 1 unspecified atom stereocenters. The fraction of sp³-hybridized carbons (Fsp3) is 0.320. The van der Waals surface area contributed by atoms with Crippen LogP contribution in [0.3, 0.4) is 0 Å². The first kappa shape index (κ1) is 22.7. The maximum absolute atomic E-state index is 13.7. The lowest BCUT2D eigenvalue weighted by molar-refractivity contribution is 0.458. The molecule has 34 heavy (non-hydrogen) atoms. The molecular weight excluding hydrogens is 473 g/mol. The van der Waals surface area contributed by atoms with Gasteiger partial charge in [0.05, 0.1) is 16.6 Å². The first-order valence-corrected chi connectivity index (χ1v) is 11.9. The summed E-state index contributed by atoms with van der Waals surface area (Å²) in [4.78, 5) is 33.8. The van der Waals surface area contributed by atoms with Gasteiger partial charge in [-0.2, -0.15) is 4.98 Å². The summed E-state index contributed by atoms with van der Waals surface area (Å²) >= 11 is 12.2. The normalized spacial score (nSPS) is 15.7. The third kappa shape index (κ3) is 3.63. The molecule has 0 bridgehead atoms. The Kier molecular flexibility index (Phi) is 5.57. The topological polar surface area (TPSA) is 65.1 Å². The molecule has 1 aliphatic heterocycles. The number of anilines is 2. The zero-order valence-corrected chi connectivity index (χ0v) is 21.0. The maximum Gasteiger partial charge on any atom is 0.332 e. The molecule has 3 heterocycles. The molecule has 0 radical (unpaired) electrons. The van der Waals surface area contributed by atoms with Crippen LogP contribution in [0.4, 0.5) is 11.6 Å². The number of benzene rings is 2. The minimum Gasteiger partial charge on any atom is -0.312 e. The van der Waals surface area contributed by atoms with E-state index in [1.807, 2.05) is 4.57 Å². The predicted octanol–water partition coefficient (Wildman–Crippen LogP) is 4.66. The number of fused-ring (bicyclic) bond motifs is 3. The lowest BCUT2D eigenvalue weighted by Gasteiger charge is -2.33. The molecule has 0 spiro atoms. The highest BCUT2D eigenvalue weighted by Crippen LogP contribution is 2.33. The van der Waals surface area contributed by atoms with Crippen LogP contribution in [-0.2, 0) is 20.1 Å². The molecule has 0 saturated carbocycles. The Morgan fingerprint density at radius 2 is 1.76 bits per heavy atom. The molecule has 0 aliphatic carbocycles. The molecule has 9 heteroatoms. The van der Waals surface area contributed by atoms with Gasteiger partial charge in [-0.1, -0.05) is 42.3 Å². The number of hydrogen-bond acceptors (Lipinski definition) is 4. The Labute approximate surface area is 206 Å². The number of aromatic nitrogens is 4. The maximum atomic E-state index is 13.7. The molecule has 4 aromatic rings. The lowest BCUT2D eigenvalue weighted by Crippen LogP contribution is -2.40. The van der Waals surface area contributed by atoms with Crippen molar-refractivity contribution in [1.29, 1.82) is 0 Å². The van der Waals surface area contributed by atoms with Crippen LogP contribution < -0.4 is 16.1 Å². The first-order valence-electron chi connectivity index (χ1n) is 11.1. The second-order valence-electron chi connectivity index (χ2n) is 9.16. The minimum absolute atomic E-state index is 0.0925. The SMILES string of the molecule is Cc1ccc(N2CC(C)Cn3c2nc2c3c(=O)n(Cc3ccc(Cl)c(Cl)c3)c(=O)n2C)cc1C. The first-order chi connectivity index (χ1) is 16.2. The van der Waals surface area contributed by atoms with Crippen LogP contribution >= 0.6 is 23.2 Å². The quantitative estimate of drug-likeness (QED) is 0.412. The van der Waals surface area contributed by atoms with Gasteiger partial charge >= 0.3 is 5.69 Å². The van der Waals surface area contributed by atoms with E-state index in [1.54, 1.807) is 25.2 Å². The number of halogens is 2. The monoisotopic (exact) mass is 497 g/mol. The Balaban J connectivity index is 1.70. The van der Waals surface area contributed by atoms with Crippen LogP contribution in [0.15, 0.2) is 46.0 Å². The van der Waals surface area contributed by atoms with Crippen molar-refractivity contribution in [3.8, 4) is 0 Å². The molecule has 5 rings (SSSR count). The summed E-state index contributed by atoms with van der Waals surface area (Å²) in [6, 6.07) is 11.4. The van der Waals surface area contributed by atoms with Crippen molar-refractivity contribution in [3.05, 3.63) is 84.0 Å². The molecule has 0 N–H and O–H groups in total. The van der Waals surface area contributed by atoms with E-state index in [-0.39, 0.29) is 18.0 Å². The number of rotatable bonds is 3. The molecule has 1 aliphatic rings. The molecule has 0 fully saturated rings. The average molecular weight is 498 g/mol. The highest BCUT2D eigenvalue weighted by Gasteiger charge is 2.30. The fourth-order valence-electron chi connectivity index (χ4n) is 4.58. The Hall–Kier alpha value is -3.03. The summed E-state index contributed by atoms with van der Waals surface area (Å²) < 4.78 is 4.63. The number of hydrogen-bond donors (Lipinski definition) is 0. The van der Waals surface area contributed by atoms with Gasteiger partial charge in [0.15, 0.2) is 11.2 Å². The van der Waals surface area contributed by atoms with Crippen molar-refractivity contribution >= 4 is 46.0 Å². The standard InChI is InChI=1S/C25H25Cl2N5O2/c1-14-11-30(18-7-5-15(2)16(3)9-18)24-28-22-21(31(24)12-14)23(33)32(25(34)29(22)4)13-17-6-8-19(26)20(27)10-17/h5-10,14H,11-13H2,1-4H3. The van der Waals surface area contributed by atoms with Gasteiger partial charge in [0.2, 0.25) is 5.95 Å². The third-order valence-corrected chi connectivity index (χ3v) is 7.31. The molecule has 2 aromatic heterocycles. The van der Waals surface area contributed by atoms with Crippen molar-refractivity contribution in [2.24, 2.45) is 13.0 Å². The fourth-order valence-corrected chi connectivity index (χ4v) is 4.90. The Bertz CT molecular complexity index is 1570. The van der Waals surface area contributed by atoms with Gasteiger partial charge in [-0.05, 0) is 60.7 Å². The van der Waals surface area contributed by atoms with Crippen LogP contribution in [-0.4, -0.2) is 25.2 Å². The van der Waals surface area contributed by atoms with Crippen LogP contribution in [0.25, 0.3) is 11.2 Å². The second kappa shape index (κ2) is 8.32. The van der Waals surface area contributed by atoms with Crippen molar-refractivity contribution < 1.29 is 0 Å². The molecule has 0 amide bonds. The van der Waals surface area contributed by atoms with E-state index in [9.17, 15) is 9.59 Å². The van der Waals surface area contributed by atoms with Crippen LogP contribution in [0.5, 0.6) is 0 Å². The van der Waals surface area contributed by atoms with Crippen LogP contribution in [0.1, 0.15) is 23.6 Å². The second-order valence-corrected chi connectivity index (χ2v) is 9.97. The third-order valence-electron chi connectivity index (χ3n) is 6.57. The summed E-state index contributed by atoms with van der Waals surface area (Å²) in [6.45, 7) is 7.83. The largest absolute Gasteiger partial charge is 0.332 e. The van der Waals surface area contributed by atoms with E-state index in [4.69, 9.17) is 28.2 Å². The zero-order chi connectivity index (χ0) is 24.3.